The molecule has 0 spiro atoms. The van der Waals surface area contributed by atoms with E-state index in [4.69, 9.17) is 17.0 Å². The Balaban J connectivity index is 1.49. The molecule has 0 aromatic heterocycles. The molecule has 1 aromatic rings. The van der Waals surface area contributed by atoms with E-state index in [9.17, 15) is 8.42 Å². The van der Waals surface area contributed by atoms with Crippen molar-refractivity contribution < 1.29 is 18.1 Å². The Bertz CT molecular complexity index is 786. The van der Waals surface area contributed by atoms with Crippen molar-refractivity contribution in [3.63, 3.8) is 0 Å². The highest BCUT2D eigenvalue weighted by atomic mass is 32.2. The third-order valence-corrected chi connectivity index (χ3v) is 7.89. The number of rotatable bonds is 5. The number of hydrogen-bond donors (Lipinski definition) is 2. The number of nitrogens with zero attached hydrogens (tertiary/aromatic N) is 2. The van der Waals surface area contributed by atoms with Gasteiger partial charge in [0, 0.05) is 26.2 Å². The van der Waals surface area contributed by atoms with E-state index < -0.39 is 10.0 Å². The van der Waals surface area contributed by atoms with Gasteiger partial charge in [-0.25, -0.2) is 8.42 Å². The van der Waals surface area contributed by atoms with E-state index in [1.807, 2.05) is 26.0 Å². The van der Waals surface area contributed by atoms with Crippen LogP contribution in [0.2, 0.25) is 0 Å². The molecule has 0 bridgehead atoms. The molecule has 9 heteroatoms. The summed E-state index contributed by atoms with van der Waals surface area (Å²) in [7, 11) is -3.47. The number of ether oxygens (including phenoxy) is 1. The van der Waals surface area contributed by atoms with Crippen LogP contribution in [0, 0.1) is 13.8 Å². The van der Waals surface area contributed by atoms with Gasteiger partial charge in [0.2, 0.25) is 10.0 Å². The molecule has 0 saturated carbocycles. The van der Waals surface area contributed by atoms with Crippen LogP contribution in [-0.4, -0.2) is 88.3 Å². The zero-order chi connectivity index (χ0) is 20.1. The first-order valence-corrected chi connectivity index (χ1v) is 11.7. The van der Waals surface area contributed by atoms with Crippen molar-refractivity contribution >= 4 is 27.4 Å². The summed E-state index contributed by atoms with van der Waals surface area (Å²) >= 11 is 5.52. The number of sulfonamides is 1. The monoisotopic (exact) mass is 427 g/mol. The number of aryl methyl sites for hydroxylation is 2. The van der Waals surface area contributed by atoms with Gasteiger partial charge in [-0.3, -0.25) is 0 Å². The summed E-state index contributed by atoms with van der Waals surface area (Å²) in [5, 5.41) is 4.05. The molecule has 1 aromatic carbocycles. The van der Waals surface area contributed by atoms with E-state index in [0.29, 0.717) is 31.1 Å². The molecule has 2 saturated heterocycles. The molecule has 28 heavy (non-hydrogen) atoms. The number of piperazine rings is 1. The third-order valence-electron chi connectivity index (χ3n) is 5.44. The van der Waals surface area contributed by atoms with Gasteiger partial charge >= 0.3 is 0 Å². The van der Waals surface area contributed by atoms with Crippen molar-refractivity contribution in [1.82, 2.24) is 14.5 Å². The van der Waals surface area contributed by atoms with Crippen LogP contribution in [-0.2, 0) is 14.8 Å². The minimum absolute atomic E-state index is 0.412. The number of quaternary nitrogens is 1. The average Bonchev–Trinajstić information content (AvgIpc) is 2.70. The summed E-state index contributed by atoms with van der Waals surface area (Å²) in [5.41, 5.74) is 1.74. The summed E-state index contributed by atoms with van der Waals surface area (Å²) < 4.78 is 33.0. The van der Waals surface area contributed by atoms with Crippen molar-refractivity contribution in [2.75, 3.05) is 65.6 Å². The van der Waals surface area contributed by atoms with Crippen LogP contribution in [0.4, 0.5) is 0 Å². The summed E-state index contributed by atoms with van der Waals surface area (Å²) in [6, 6.07) is 5.57. The molecule has 0 radical (unpaired) electrons. The predicted octanol–water partition coefficient (Wildman–Crippen LogP) is -0.601. The molecular weight excluding hydrogens is 396 g/mol. The predicted molar refractivity (Wildman–Crippen MR) is 113 cm³/mol. The van der Waals surface area contributed by atoms with E-state index in [2.05, 4.69) is 10.2 Å². The fraction of sp³-hybridized carbons (Fsp3) is 0.632. The second-order valence-electron chi connectivity index (χ2n) is 7.50. The molecule has 2 heterocycles. The molecule has 2 fully saturated rings. The van der Waals surface area contributed by atoms with Gasteiger partial charge in [-0.15, -0.1) is 0 Å². The van der Waals surface area contributed by atoms with Crippen LogP contribution in [0.1, 0.15) is 11.1 Å². The fourth-order valence-electron chi connectivity index (χ4n) is 3.62. The lowest BCUT2D eigenvalue weighted by Gasteiger charge is -2.36. The normalized spacial score (nSPS) is 19.6. The van der Waals surface area contributed by atoms with Crippen LogP contribution in [0.5, 0.6) is 0 Å². The topological polar surface area (TPSA) is 66.3 Å². The Morgan fingerprint density at radius 2 is 1.86 bits per heavy atom. The van der Waals surface area contributed by atoms with Gasteiger partial charge in [0.25, 0.3) is 0 Å². The lowest BCUT2D eigenvalue weighted by molar-refractivity contribution is -0.906. The summed E-state index contributed by atoms with van der Waals surface area (Å²) in [6.45, 7) is 11.5. The van der Waals surface area contributed by atoms with Gasteiger partial charge in [0.15, 0.2) is 5.11 Å². The van der Waals surface area contributed by atoms with E-state index in [1.165, 1.54) is 4.90 Å². The van der Waals surface area contributed by atoms with E-state index in [-0.39, 0.29) is 0 Å². The van der Waals surface area contributed by atoms with Gasteiger partial charge in [-0.05, 0) is 43.3 Å². The maximum atomic E-state index is 13.0. The fourth-order valence-corrected chi connectivity index (χ4v) is 5.64. The first-order chi connectivity index (χ1) is 13.4. The number of morpholine rings is 1. The van der Waals surface area contributed by atoms with Crippen molar-refractivity contribution in [2.45, 2.75) is 18.7 Å². The van der Waals surface area contributed by atoms with Crippen molar-refractivity contribution in [1.29, 1.82) is 0 Å². The molecule has 0 aliphatic carbocycles. The molecular formula is C19H31N4O3S2+. The number of nitrogens with one attached hydrogen (secondary N) is 2. The van der Waals surface area contributed by atoms with Crippen LogP contribution < -0.4 is 10.2 Å². The molecule has 2 aliphatic heterocycles. The van der Waals surface area contributed by atoms with Crippen molar-refractivity contribution in [3.05, 3.63) is 29.3 Å². The lowest BCUT2D eigenvalue weighted by atomic mass is 10.2. The van der Waals surface area contributed by atoms with Gasteiger partial charge in [-0.2, -0.15) is 4.31 Å². The van der Waals surface area contributed by atoms with Crippen LogP contribution in [0.25, 0.3) is 0 Å². The maximum Gasteiger partial charge on any atom is 0.243 e. The molecule has 156 valence electrons. The van der Waals surface area contributed by atoms with E-state index in [1.54, 1.807) is 10.4 Å². The van der Waals surface area contributed by atoms with Crippen molar-refractivity contribution in [2.24, 2.45) is 0 Å². The first kappa shape index (κ1) is 21.4. The molecule has 0 amide bonds. The lowest BCUT2D eigenvalue weighted by Crippen LogP contribution is -3.14. The highest BCUT2D eigenvalue weighted by Crippen LogP contribution is 2.22. The Hall–Kier alpha value is -1.26. The highest BCUT2D eigenvalue weighted by molar-refractivity contribution is 7.89. The third kappa shape index (κ3) is 5.21. The zero-order valence-electron chi connectivity index (χ0n) is 16.7. The van der Waals surface area contributed by atoms with Crippen molar-refractivity contribution in [3.8, 4) is 0 Å². The Kier molecular flexibility index (Phi) is 7.27. The van der Waals surface area contributed by atoms with Gasteiger partial charge < -0.3 is 19.9 Å². The van der Waals surface area contributed by atoms with Crippen LogP contribution in [0.15, 0.2) is 23.1 Å². The van der Waals surface area contributed by atoms with E-state index >= 15 is 0 Å². The van der Waals surface area contributed by atoms with Crippen LogP contribution in [0.3, 0.4) is 0 Å². The molecule has 0 unspecified atom stereocenters. The van der Waals surface area contributed by atoms with E-state index in [0.717, 1.165) is 55.6 Å². The SMILES string of the molecule is Cc1ccc(C)c(S(=O)(=O)N2CCN(C(=S)NCC[NH+]3CCOCC3)CC2)c1. The Morgan fingerprint density at radius 1 is 1.18 bits per heavy atom. The smallest absolute Gasteiger partial charge is 0.243 e. The Labute approximate surface area is 173 Å². The number of benzene rings is 1. The second-order valence-corrected chi connectivity index (χ2v) is 9.80. The molecule has 7 nitrogen and oxygen atoms in total. The summed E-state index contributed by atoms with van der Waals surface area (Å²) in [6.07, 6.45) is 0. The largest absolute Gasteiger partial charge is 0.370 e. The minimum atomic E-state index is -3.47. The molecule has 3 rings (SSSR count). The summed E-state index contributed by atoms with van der Waals surface area (Å²) in [5.74, 6) is 0. The maximum absolute atomic E-state index is 13.0. The number of hydrogen-bond acceptors (Lipinski definition) is 4. The highest BCUT2D eigenvalue weighted by Gasteiger charge is 2.30. The molecule has 2 aliphatic rings. The van der Waals surface area contributed by atoms with Gasteiger partial charge in [0.05, 0.1) is 31.2 Å². The molecule has 2 N–H and O–H groups in total. The van der Waals surface area contributed by atoms with Crippen LogP contribution >= 0.6 is 12.2 Å². The molecule has 0 atom stereocenters. The van der Waals surface area contributed by atoms with Gasteiger partial charge in [-0.1, -0.05) is 12.1 Å². The summed E-state index contributed by atoms with van der Waals surface area (Å²) in [4.78, 5) is 4.01. The zero-order valence-corrected chi connectivity index (χ0v) is 18.4. The Morgan fingerprint density at radius 3 is 2.54 bits per heavy atom. The first-order valence-electron chi connectivity index (χ1n) is 9.89. The standard InChI is InChI=1S/C19H30N4O3S2/c1-16-3-4-17(2)18(15-16)28(24,25)23-9-7-22(8-10-23)19(27)20-5-6-21-11-13-26-14-12-21/h3-4,15H,5-14H2,1-2H3,(H,20,27)/p+1. The quantitative estimate of drug-likeness (QED) is 0.612. The minimum Gasteiger partial charge on any atom is -0.370 e. The van der Waals surface area contributed by atoms with Gasteiger partial charge in [0.1, 0.15) is 13.1 Å². The average molecular weight is 428 g/mol. The second kappa shape index (κ2) is 9.49. The number of thiocarbonyl (C=S) groups is 1.